The normalized spacial score (nSPS) is 12.3. The van der Waals surface area contributed by atoms with E-state index in [9.17, 15) is 13.2 Å². The molecule has 0 aliphatic carbocycles. The number of halogens is 4. The SMILES string of the molecule is Nc1ccc(C(F)(F)F)c(C=CCCl)c1. The number of anilines is 1. The molecule has 0 fully saturated rings. The smallest absolute Gasteiger partial charge is 0.399 e. The third-order valence-electron chi connectivity index (χ3n) is 1.77. The van der Waals surface area contributed by atoms with Crippen LogP contribution in [0, 0.1) is 0 Å². The predicted octanol–water partition coefficient (Wildman–Crippen LogP) is 3.54. The van der Waals surface area contributed by atoms with Gasteiger partial charge < -0.3 is 5.73 Å². The molecule has 1 rings (SSSR count). The topological polar surface area (TPSA) is 26.0 Å². The van der Waals surface area contributed by atoms with Gasteiger partial charge in [0.2, 0.25) is 0 Å². The Labute approximate surface area is 90.3 Å². The molecule has 1 aromatic rings. The van der Waals surface area contributed by atoms with Crippen LogP contribution in [0.15, 0.2) is 24.3 Å². The number of nitrogens with two attached hydrogens (primary N) is 1. The van der Waals surface area contributed by atoms with E-state index in [2.05, 4.69) is 0 Å². The minimum absolute atomic E-state index is 0.0307. The Morgan fingerprint density at radius 2 is 2.00 bits per heavy atom. The van der Waals surface area contributed by atoms with Crippen molar-refractivity contribution in [3.8, 4) is 0 Å². The molecule has 0 saturated carbocycles. The van der Waals surface area contributed by atoms with Crippen LogP contribution in [0.4, 0.5) is 18.9 Å². The molecule has 1 aromatic carbocycles. The molecule has 0 spiro atoms. The van der Waals surface area contributed by atoms with Gasteiger partial charge >= 0.3 is 6.18 Å². The number of nitrogen functional groups attached to an aromatic ring is 1. The Balaban J connectivity index is 3.21. The lowest BCUT2D eigenvalue weighted by Gasteiger charge is -2.10. The van der Waals surface area contributed by atoms with E-state index in [0.29, 0.717) is 0 Å². The van der Waals surface area contributed by atoms with Crippen LogP contribution in [-0.2, 0) is 6.18 Å². The fourth-order valence-electron chi connectivity index (χ4n) is 1.15. The van der Waals surface area contributed by atoms with Crippen molar-refractivity contribution in [1.82, 2.24) is 0 Å². The zero-order chi connectivity index (χ0) is 11.5. The molecule has 5 heteroatoms. The summed E-state index contributed by atoms with van der Waals surface area (Å²) in [4.78, 5) is 0. The van der Waals surface area contributed by atoms with Crippen molar-refractivity contribution in [3.63, 3.8) is 0 Å². The largest absolute Gasteiger partial charge is 0.416 e. The molecule has 0 atom stereocenters. The lowest BCUT2D eigenvalue weighted by atomic mass is 10.1. The van der Waals surface area contributed by atoms with Crippen LogP contribution < -0.4 is 5.73 Å². The van der Waals surface area contributed by atoms with Gasteiger partial charge in [-0.2, -0.15) is 13.2 Å². The number of hydrogen-bond donors (Lipinski definition) is 1. The molecule has 0 heterocycles. The Morgan fingerprint density at radius 3 is 2.53 bits per heavy atom. The predicted molar refractivity (Wildman–Crippen MR) is 55.6 cm³/mol. The van der Waals surface area contributed by atoms with Crippen LogP contribution in [-0.4, -0.2) is 5.88 Å². The first kappa shape index (κ1) is 11.9. The van der Waals surface area contributed by atoms with Crippen LogP contribution in [0.3, 0.4) is 0 Å². The second kappa shape index (κ2) is 4.57. The average Bonchev–Trinajstić information content (AvgIpc) is 2.12. The van der Waals surface area contributed by atoms with Crippen molar-refractivity contribution in [2.24, 2.45) is 0 Å². The van der Waals surface area contributed by atoms with E-state index in [0.717, 1.165) is 6.07 Å². The highest BCUT2D eigenvalue weighted by molar-refractivity contribution is 6.19. The van der Waals surface area contributed by atoms with Crippen molar-refractivity contribution in [3.05, 3.63) is 35.4 Å². The van der Waals surface area contributed by atoms with E-state index in [-0.39, 0.29) is 17.1 Å². The number of hydrogen-bond acceptors (Lipinski definition) is 1. The number of allylic oxidation sites excluding steroid dienone is 1. The molecule has 0 radical (unpaired) electrons. The summed E-state index contributed by atoms with van der Waals surface area (Å²) in [5.74, 6) is 0.159. The third-order valence-corrected chi connectivity index (χ3v) is 1.95. The van der Waals surface area contributed by atoms with Crippen LogP contribution in [0.2, 0.25) is 0 Å². The highest BCUT2D eigenvalue weighted by Gasteiger charge is 2.32. The van der Waals surface area contributed by atoms with Gasteiger partial charge in [0.1, 0.15) is 0 Å². The van der Waals surface area contributed by atoms with Gasteiger partial charge in [-0.05, 0) is 23.8 Å². The Morgan fingerprint density at radius 1 is 1.33 bits per heavy atom. The van der Waals surface area contributed by atoms with E-state index in [1.807, 2.05) is 0 Å². The lowest BCUT2D eigenvalue weighted by molar-refractivity contribution is -0.137. The van der Waals surface area contributed by atoms with Gasteiger partial charge in [-0.3, -0.25) is 0 Å². The maximum Gasteiger partial charge on any atom is 0.416 e. The van der Waals surface area contributed by atoms with Crippen LogP contribution in [0.5, 0.6) is 0 Å². The summed E-state index contributed by atoms with van der Waals surface area (Å²) >= 11 is 5.36. The van der Waals surface area contributed by atoms with Crippen LogP contribution >= 0.6 is 11.6 Å². The quantitative estimate of drug-likeness (QED) is 0.616. The molecular weight excluding hydrogens is 227 g/mol. The highest BCUT2D eigenvalue weighted by atomic mass is 35.5. The average molecular weight is 236 g/mol. The molecule has 0 aliphatic rings. The summed E-state index contributed by atoms with van der Waals surface area (Å²) in [6.07, 6.45) is -1.63. The van der Waals surface area contributed by atoms with E-state index < -0.39 is 11.7 Å². The van der Waals surface area contributed by atoms with Crippen molar-refractivity contribution in [1.29, 1.82) is 0 Å². The molecule has 2 N–H and O–H groups in total. The highest BCUT2D eigenvalue weighted by Crippen LogP contribution is 2.33. The molecule has 0 aliphatic heterocycles. The van der Waals surface area contributed by atoms with Crippen molar-refractivity contribution in [2.75, 3.05) is 11.6 Å². The second-order valence-electron chi connectivity index (χ2n) is 2.90. The summed E-state index contributed by atoms with van der Waals surface area (Å²) in [5.41, 5.74) is 5.02. The monoisotopic (exact) mass is 235 g/mol. The first-order valence-electron chi connectivity index (χ1n) is 4.14. The maximum absolute atomic E-state index is 12.5. The molecule has 15 heavy (non-hydrogen) atoms. The van der Waals surface area contributed by atoms with Gasteiger partial charge in [-0.25, -0.2) is 0 Å². The fourth-order valence-corrected chi connectivity index (χ4v) is 1.24. The summed E-state index contributed by atoms with van der Waals surface area (Å²) in [6, 6.07) is 3.45. The van der Waals surface area contributed by atoms with E-state index >= 15 is 0 Å². The van der Waals surface area contributed by atoms with E-state index in [1.165, 1.54) is 24.3 Å². The van der Waals surface area contributed by atoms with Gasteiger partial charge in [-0.1, -0.05) is 12.2 Å². The van der Waals surface area contributed by atoms with Crippen LogP contribution in [0.1, 0.15) is 11.1 Å². The molecule has 82 valence electrons. The molecule has 0 unspecified atom stereocenters. The summed E-state index contributed by atoms with van der Waals surface area (Å²) < 4.78 is 37.5. The zero-order valence-electron chi connectivity index (χ0n) is 7.68. The van der Waals surface area contributed by atoms with E-state index in [1.54, 1.807) is 0 Å². The standard InChI is InChI=1S/C10H9ClF3N/c11-5-1-2-7-6-8(15)3-4-9(7)10(12,13)14/h1-4,6H,5,15H2. The van der Waals surface area contributed by atoms with Gasteiger partial charge in [0.15, 0.2) is 0 Å². The number of benzene rings is 1. The summed E-state index contributed by atoms with van der Waals surface area (Å²) in [7, 11) is 0. The van der Waals surface area contributed by atoms with Crippen LogP contribution in [0.25, 0.3) is 6.08 Å². The van der Waals surface area contributed by atoms with Gasteiger partial charge in [0, 0.05) is 11.6 Å². The number of rotatable bonds is 2. The Kier molecular flexibility index (Phi) is 3.63. The first-order valence-corrected chi connectivity index (χ1v) is 4.68. The van der Waals surface area contributed by atoms with Crippen molar-refractivity contribution in [2.45, 2.75) is 6.18 Å². The van der Waals surface area contributed by atoms with Gasteiger partial charge in [0.25, 0.3) is 0 Å². The zero-order valence-corrected chi connectivity index (χ0v) is 8.44. The summed E-state index contributed by atoms with van der Waals surface area (Å²) in [6.45, 7) is 0. The van der Waals surface area contributed by atoms with Crippen molar-refractivity contribution >= 4 is 23.4 Å². The molecule has 1 nitrogen and oxygen atoms in total. The van der Waals surface area contributed by atoms with Gasteiger partial charge in [-0.15, -0.1) is 11.6 Å². The molecule has 0 aromatic heterocycles. The second-order valence-corrected chi connectivity index (χ2v) is 3.21. The molecule has 0 saturated heterocycles. The van der Waals surface area contributed by atoms with Crippen molar-refractivity contribution < 1.29 is 13.2 Å². The fraction of sp³-hybridized carbons (Fsp3) is 0.200. The molecule has 0 amide bonds. The molecule has 0 bridgehead atoms. The first-order chi connectivity index (χ1) is 6.95. The Hall–Kier alpha value is -1.16. The minimum Gasteiger partial charge on any atom is -0.399 e. The minimum atomic E-state index is -4.38. The third kappa shape index (κ3) is 3.16. The molecular formula is C10H9ClF3N. The maximum atomic E-state index is 12.5. The van der Waals surface area contributed by atoms with E-state index in [4.69, 9.17) is 17.3 Å². The number of alkyl halides is 4. The lowest BCUT2D eigenvalue weighted by Crippen LogP contribution is -2.07. The Bertz CT molecular complexity index is 371. The van der Waals surface area contributed by atoms with Gasteiger partial charge in [0.05, 0.1) is 5.56 Å². The summed E-state index contributed by atoms with van der Waals surface area (Å²) in [5, 5.41) is 0.